The minimum atomic E-state index is -0.413. The van der Waals surface area contributed by atoms with E-state index in [1.165, 1.54) is 0 Å². The van der Waals surface area contributed by atoms with Crippen molar-refractivity contribution < 1.29 is 9.53 Å². The van der Waals surface area contributed by atoms with Crippen LogP contribution in [-0.4, -0.2) is 23.5 Å². The van der Waals surface area contributed by atoms with Crippen molar-refractivity contribution in [2.24, 2.45) is 5.92 Å². The van der Waals surface area contributed by atoms with Crippen LogP contribution in [-0.2, 0) is 4.74 Å². The van der Waals surface area contributed by atoms with Gasteiger partial charge in [0, 0.05) is 23.2 Å². The molecule has 3 aromatic rings. The number of rotatable bonds is 5. The fourth-order valence-electron chi connectivity index (χ4n) is 4.08. The first-order chi connectivity index (χ1) is 15.2. The molecule has 3 atom stereocenters. The largest absolute Gasteiger partial charge is 0.452 e. The lowest BCUT2D eigenvalue weighted by molar-refractivity contribution is 0.0148. The van der Waals surface area contributed by atoms with Crippen LogP contribution in [0.3, 0.4) is 0 Å². The zero-order chi connectivity index (χ0) is 22.2. The second-order valence-electron chi connectivity index (χ2n) is 7.59. The van der Waals surface area contributed by atoms with Gasteiger partial charge in [-0.3, -0.25) is 4.98 Å². The number of nitrogens with zero attached hydrogens (tertiary/aromatic N) is 1. The van der Waals surface area contributed by atoms with E-state index in [1.54, 1.807) is 30.5 Å². The lowest BCUT2D eigenvalue weighted by Gasteiger charge is -2.35. The Morgan fingerprint density at radius 1 is 1.13 bits per heavy atom. The van der Waals surface area contributed by atoms with Gasteiger partial charge in [0.2, 0.25) is 0 Å². The molecule has 5 heteroatoms. The highest BCUT2D eigenvalue weighted by molar-refractivity contribution is 6.33. The maximum absolute atomic E-state index is 13.0. The summed E-state index contributed by atoms with van der Waals surface area (Å²) in [4.78, 5) is 17.5. The average Bonchev–Trinajstić information content (AvgIpc) is 2.84. The number of carbonyl (C=O) groups excluding carboxylic acids is 1. The zero-order valence-electron chi connectivity index (χ0n) is 18.5. The minimum Gasteiger partial charge on any atom is -0.452 e. The number of esters is 1. The van der Waals surface area contributed by atoms with Crippen molar-refractivity contribution in [3.8, 4) is 0 Å². The van der Waals surface area contributed by atoms with Gasteiger partial charge in [0.25, 0.3) is 0 Å². The Balaban J connectivity index is 0.00000132. The number of nitrogens with one attached hydrogen (secondary N) is 1. The molecule has 3 unspecified atom stereocenters. The van der Waals surface area contributed by atoms with Crippen LogP contribution in [0.4, 0.5) is 0 Å². The van der Waals surface area contributed by atoms with Crippen molar-refractivity contribution in [3.63, 3.8) is 0 Å². The number of ether oxygens (including phenoxy) is 1. The summed E-state index contributed by atoms with van der Waals surface area (Å²) in [6, 6.07) is 17.0. The summed E-state index contributed by atoms with van der Waals surface area (Å²) in [5.74, 6) is 0.265. The molecule has 2 aromatic carbocycles. The van der Waals surface area contributed by atoms with Gasteiger partial charge in [-0.1, -0.05) is 69.1 Å². The highest BCUT2D eigenvalue weighted by Gasteiger charge is 2.32. The van der Waals surface area contributed by atoms with Crippen molar-refractivity contribution in [2.75, 3.05) is 6.54 Å². The third kappa shape index (κ3) is 5.44. The van der Waals surface area contributed by atoms with Gasteiger partial charge in [-0.2, -0.15) is 0 Å². The van der Waals surface area contributed by atoms with Crippen molar-refractivity contribution in [1.82, 2.24) is 10.3 Å². The fraction of sp³-hybridized carbons (Fsp3) is 0.385. The standard InChI is InChI=1S/C24H25ClN2O2.C2H6/c1-2-16-11-12-22(27-15-16)23(29-24(28)19-8-3-5-9-20(19)25)18-13-14-26-21-10-6-4-7-17(18)21;1-2/h3-10,13-14,16,22-23,27H,2,11-12,15H2,1H3;1-2H3. The second kappa shape index (κ2) is 11.3. The summed E-state index contributed by atoms with van der Waals surface area (Å²) in [5.41, 5.74) is 2.26. The van der Waals surface area contributed by atoms with Crippen LogP contribution in [0.25, 0.3) is 10.9 Å². The van der Waals surface area contributed by atoms with E-state index in [0.29, 0.717) is 16.5 Å². The first kappa shape index (κ1) is 23.2. The number of hydrogen-bond donors (Lipinski definition) is 1. The van der Waals surface area contributed by atoms with Gasteiger partial charge in [0.1, 0.15) is 6.10 Å². The SMILES string of the molecule is CC.CCC1CCC(C(OC(=O)c2ccccc2Cl)c2ccnc3ccccc23)NC1. The van der Waals surface area contributed by atoms with Gasteiger partial charge in [-0.25, -0.2) is 4.79 Å². The number of aromatic nitrogens is 1. The first-order valence-corrected chi connectivity index (χ1v) is 11.6. The molecule has 2 heterocycles. The molecule has 1 N–H and O–H groups in total. The topological polar surface area (TPSA) is 51.2 Å². The van der Waals surface area contributed by atoms with Gasteiger partial charge < -0.3 is 10.1 Å². The summed E-state index contributed by atoms with van der Waals surface area (Å²) < 4.78 is 6.11. The Morgan fingerprint density at radius 3 is 2.58 bits per heavy atom. The van der Waals surface area contributed by atoms with Crippen molar-refractivity contribution in [3.05, 3.63) is 76.9 Å². The second-order valence-corrected chi connectivity index (χ2v) is 8.00. The monoisotopic (exact) mass is 438 g/mol. The van der Waals surface area contributed by atoms with E-state index in [-0.39, 0.29) is 6.04 Å². The Morgan fingerprint density at radius 2 is 1.87 bits per heavy atom. The zero-order valence-corrected chi connectivity index (χ0v) is 19.2. The number of piperidine rings is 1. The fourth-order valence-corrected chi connectivity index (χ4v) is 4.29. The highest BCUT2D eigenvalue weighted by atomic mass is 35.5. The number of fused-ring (bicyclic) bond motifs is 1. The molecule has 0 bridgehead atoms. The molecular weight excluding hydrogens is 408 g/mol. The molecule has 0 spiro atoms. The third-order valence-corrected chi connectivity index (χ3v) is 6.14. The van der Waals surface area contributed by atoms with Crippen molar-refractivity contribution >= 4 is 28.5 Å². The lowest BCUT2D eigenvalue weighted by Crippen LogP contribution is -2.43. The Bertz CT molecular complexity index is 994. The van der Waals surface area contributed by atoms with E-state index in [9.17, 15) is 4.79 Å². The summed E-state index contributed by atoms with van der Waals surface area (Å²) in [5, 5.41) is 5.03. The summed E-state index contributed by atoms with van der Waals surface area (Å²) in [6.45, 7) is 7.16. The minimum absolute atomic E-state index is 0.0510. The Labute approximate surface area is 190 Å². The van der Waals surface area contributed by atoms with Crippen molar-refractivity contribution in [2.45, 2.75) is 52.2 Å². The van der Waals surface area contributed by atoms with E-state index < -0.39 is 12.1 Å². The summed E-state index contributed by atoms with van der Waals surface area (Å²) in [7, 11) is 0. The molecule has 164 valence electrons. The van der Waals surface area contributed by atoms with Crippen LogP contribution < -0.4 is 5.32 Å². The third-order valence-electron chi connectivity index (χ3n) is 5.81. The first-order valence-electron chi connectivity index (χ1n) is 11.2. The number of para-hydroxylation sites is 1. The predicted molar refractivity (Wildman–Crippen MR) is 128 cm³/mol. The van der Waals surface area contributed by atoms with Crippen LogP contribution in [0.5, 0.6) is 0 Å². The van der Waals surface area contributed by atoms with Crippen LogP contribution in [0, 0.1) is 5.92 Å². The molecule has 0 amide bonds. The van der Waals surface area contributed by atoms with E-state index in [4.69, 9.17) is 16.3 Å². The molecule has 4 nitrogen and oxygen atoms in total. The molecule has 1 aromatic heterocycles. The Hall–Kier alpha value is -2.43. The number of pyridine rings is 1. The summed E-state index contributed by atoms with van der Waals surface area (Å²) in [6.07, 6.45) is 4.60. The van der Waals surface area contributed by atoms with E-state index in [0.717, 1.165) is 42.3 Å². The van der Waals surface area contributed by atoms with Crippen LogP contribution >= 0.6 is 11.6 Å². The molecule has 0 saturated carbocycles. The molecule has 1 fully saturated rings. The maximum atomic E-state index is 13.0. The smallest absolute Gasteiger partial charge is 0.340 e. The number of benzene rings is 2. The van der Waals surface area contributed by atoms with E-state index in [1.807, 2.05) is 44.2 Å². The normalized spacial score (nSPS) is 19.2. The number of halogens is 1. The van der Waals surface area contributed by atoms with E-state index >= 15 is 0 Å². The molecule has 1 saturated heterocycles. The Kier molecular flexibility index (Phi) is 8.44. The highest BCUT2D eigenvalue weighted by Crippen LogP contribution is 2.34. The molecular formula is C26H31ClN2O2. The van der Waals surface area contributed by atoms with Gasteiger partial charge in [-0.15, -0.1) is 0 Å². The molecule has 0 radical (unpaired) electrons. The number of hydrogen-bond acceptors (Lipinski definition) is 4. The van der Waals surface area contributed by atoms with Gasteiger partial charge in [0.05, 0.1) is 16.1 Å². The number of carbonyl (C=O) groups is 1. The molecule has 1 aliphatic heterocycles. The van der Waals surface area contributed by atoms with Gasteiger partial charge in [0.15, 0.2) is 0 Å². The molecule has 1 aliphatic rings. The predicted octanol–water partition coefficient (Wildman–Crippen LogP) is 6.59. The summed E-state index contributed by atoms with van der Waals surface area (Å²) >= 11 is 6.24. The maximum Gasteiger partial charge on any atom is 0.340 e. The van der Waals surface area contributed by atoms with Crippen LogP contribution in [0.1, 0.15) is 62.1 Å². The quantitative estimate of drug-likeness (QED) is 0.456. The van der Waals surface area contributed by atoms with Crippen LogP contribution in [0.15, 0.2) is 60.8 Å². The molecule has 0 aliphatic carbocycles. The lowest BCUT2D eigenvalue weighted by atomic mass is 9.87. The van der Waals surface area contributed by atoms with Gasteiger partial charge >= 0.3 is 5.97 Å². The van der Waals surface area contributed by atoms with E-state index in [2.05, 4.69) is 17.2 Å². The van der Waals surface area contributed by atoms with Crippen LogP contribution in [0.2, 0.25) is 5.02 Å². The average molecular weight is 439 g/mol. The molecule has 4 rings (SSSR count). The molecule has 31 heavy (non-hydrogen) atoms. The van der Waals surface area contributed by atoms with Gasteiger partial charge in [-0.05, 0) is 49.6 Å². The van der Waals surface area contributed by atoms with Crippen molar-refractivity contribution in [1.29, 1.82) is 0 Å².